The average molecular weight is 230 g/mol. The maximum atomic E-state index is 10.2. The van der Waals surface area contributed by atoms with E-state index >= 15 is 0 Å². The molecule has 0 fully saturated rings. The first-order chi connectivity index (χ1) is 7.85. The molecule has 96 valence electrons. The van der Waals surface area contributed by atoms with Gasteiger partial charge in [0.05, 0.1) is 0 Å². The summed E-state index contributed by atoms with van der Waals surface area (Å²) < 4.78 is 11.3. The van der Waals surface area contributed by atoms with Crippen molar-refractivity contribution >= 4 is 6.29 Å². The Morgan fingerprint density at radius 1 is 1.00 bits per heavy atom. The number of carbonyl (C=O) groups excluding carboxylic acids is 1. The maximum absolute atomic E-state index is 10.2. The summed E-state index contributed by atoms with van der Waals surface area (Å²) in [5, 5.41) is 0. The summed E-state index contributed by atoms with van der Waals surface area (Å²) in [5.41, 5.74) is 0. The van der Waals surface area contributed by atoms with Gasteiger partial charge in [-0.05, 0) is 25.7 Å². The SMILES string of the molecule is CCCCOC(CCCC=O)OCCCC. The zero-order valence-corrected chi connectivity index (χ0v) is 10.7. The van der Waals surface area contributed by atoms with Crippen molar-refractivity contribution in [2.75, 3.05) is 13.2 Å². The molecule has 0 aromatic heterocycles. The van der Waals surface area contributed by atoms with Gasteiger partial charge in [-0.15, -0.1) is 0 Å². The Morgan fingerprint density at radius 2 is 1.56 bits per heavy atom. The molecule has 0 heterocycles. The summed E-state index contributed by atoms with van der Waals surface area (Å²) in [5.74, 6) is 0. The molecule has 0 aliphatic rings. The molecule has 0 spiro atoms. The zero-order chi connectivity index (χ0) is 12.1. The largest absolute Gasteiger partial charge is 0.353 e. The lowest BCUT2D eigenvalue weighted by molar-refractivity contribution is -0.147. The number of carbonyl (C=O) groups is 1. The van der Waals surface area contributed by atoms with E-state index in [1.54, 1.807) is 0 Å². The first-order valence-corrected chi connectivity index (χ1v) is 6.52. The second-order valence-corrected chi connectivity index (χ2v) is 3.98. The van der Waals surface area contributed by atoms with Crippen LogP contribution < -0.4 is 0 Å². The first kappa shape index (κ1) is 15.6. The summed E-state index contributed by atoms with van der Waals surface area (Å²) in [6.45, 7) is 5.80. The van der Waals surface area contributed by atoms with Crippen LogP contribution in [0.25, 0.3) is 0 Å². The third kappa shape index (κ3) is 10.1. The average Bonchev–Trinajstić information content (AvgIpc) is 2.29. The van der Waals surface area contributed by atoms with Crippen LogP contribution >= 0.6 is 0 Å². The highest BCUT2D eigenvalue weighted by molar-refractivity contribution is 5.48. The number of hydrogen-bond acceptors (Lipinski definition) is 3. The Balaban J connectivity index is 3.62. The smallest absolute Gasteiger partial charge is 0.157 e. The first-order valence-electron chi connectivity index (χ1n) is 6.52. The summed E-state index contributed by atoms with van der Waals surface area (Å²) >= 11 is 0. The van der Waals surface area contributed by atoms with Gasteiger partial charge in [0.2, 0.25) is 0 Å². The fourth-order valence-corrected chi connectivity index (χ4v) is 1.30. The van der Waals surface area contributed by atoms with E-state index in [1.807, 2.05) is 0 Å². The number of unbranched alkanes of at least 4 members (excludes halogenated alkanes) is 3. The molecule has 0 radical (unpaired) electrons. The van der Waals surface area contributed by atoms with Gasteiger partial charge in [0.15, 0.2) is 6.29 Å². The minimum atomic E-state index is -0.113. The van der Waals surface area contributed by atoms with Gasteiger partial charge in [0.25, 0.3) is 0 Å². The Labute approximate surface area is 99.5 Å². The van der Waals surface area contributed by atoms with Crippen LogP contribution in [-0.2, 0) is 14.3 Å². The molecule has 0 saturated carbocycles. The van der Waals surface area contributed by atoms with Crippen LogP contribution in [0.4, 0.5) is 0 Å². The molecule has 0 amide bonds. The zero-order valence-electron chi connectivity index (χ0n) is 10.7. The third-order valence-electron chi connectivity index (χ3n) is 2.37. The van der Waals surface area contributed by atoms with Crippen LogP contribution in [-0.4, -0.2) is 25.8 Å². The number of ether oxygens (including phenoxy) is 2. The molecule has 0 aliphatic carbocycles. The normalized spacial score (nSPS) is 10.9. The van der Waals surface area contributed by atoms with Crippen molar-refractivity contribution in [3.63, 3.8) is 0 Å². The van der Waals surface area contributed by atoms with Crippen molar-refractivity contribution in [3.05, 3.63) is 0 Å². The Hall–Kier alpha value is -0.410. The van der Waals surface area contributed by atoms with Crippen LogP contribution in [0.2, 0.25) is 0 Å². The summed E-state index contributed by atoms with van der Waals surface area (Å²) in [4.78, 5) is 10.2. The van der Waals surface area contributed by atoms with Crippen molar-refractivity contribution in [2.45, 2.75) is 65.1 Å². The lowest BCUT2D eigenvalue weighted by atomic mass is 10.2. The van der Waals surface area contributed by atoms with Gasteiger partial charge in [0, 0.05) is 19.6 Å². The fraction of sp³-hybridized carbons (Fsp3) is 0.923. The highest BCUT2D eigenvalue weighted by Crippen LogP contribution is 2.08. The van der Waals surface area contributed by atoms with E-state index < -0.39 is 0 Å². The highest BCUT2D eigenvalue weighted by Gasteiger charge is 2.08. The van der Waals surface area contributed by atoms with Crippen molar-refractivity contribution < 1.29 is 14.3 Å². The molecule has 0 bridgehead atoms. The Morgan fingerprint density at radius 3 is 2.00 bits per heavy atom. The van der Waals surface area contributed by atoms with E-state index in [9.17, 15) is 4.79 Å². The second kappa shape index (κ2) is 12.7. The molecule has 0 rings (SSSR count). The van der Waals surface area contributed by atoms with Gasteiger partial charge in [-0.2, -0.15) is 0 Å². The lowest BCUT2D eigenvalue weighted by Gasteiger charge is -2.18. The van der Waals surface area contributed by atoms with Crippen molar-refractivity contribution in [1.29, 1.82) is 0 Å². The third-order valence-corrected chi connectivity index (χ3v) is 2.37. The van der Waals surface area contributed by atoms with Gasteiger partial charge >= 0.3 is 0 Å². The van der Waals surface area contributed by atoms with E-state index in [0.717, 1.165) is 58.0 Å². The fourth-order valence-electron chi connectivity index (χ4n) is 1.30. The molecule has 0 aromatic carbocycles. The standard InChI is InChI=1S/C13H26O3/c1-3-5-11-15-13(9-7-8-10-14)16-12-6-4-2/h10,13H,3-9,11-12H2,1-2H3. The topological polar surface area (TPSA) is 35.5 Å². The van der Waals surface area contributed by atoms with E-state index in [2.05, 4.69) is 13.8 Å². The van der Waals surface area contributed by atoms with Crippen LogP contribution in [0.5, 0.6) is 0 Å². The van der Waals surface area contributed by atoms with E-state index in [1.165, 1.54) is 0 Å². The van der Waals surface area contributed by atoms with Crippen LogP contribution in [0.15, 0.2) is 0 Å². The monoisotopic (exact) mass is 230 g/mol. The minimum absolute atomic E-state index is 0.113. The predicted molar refractivity (Wildman–Crippen MR) is 65.4 cm³/mol. The Bertz CT molecular complexity index is 138. The van der Waals surface area contributed by atoms with Crippen LogP contribution in [0.3, 0.4) is 0 Å². The van der Waals surface area contributed by atoms with Gasteiger partial charge in [0.1, 0.15) is 6.29 Å². The van der Waals surface area contributed by atoms with Gasteiger partial charge < -0.3 is 14.3 Å². The molecule has 16 heavy (non-hydrogen) atoms. The summed E-state index contributed by atoms with van der Waals surface area (Å²) in [7, 11) is 0. The molecular formula is C13H26O3. The molecular weight excluding hydrogens is 204 g/mol. The quantitative estimate of drug-likeness (QED) is 0.293. The van der Waals surface area contributed by atoms with E-state index in [4.69, 9.17) is 9.47 Å². The van der Waals surface area contributed by atoms with Gasteiger partial charge in [-0.25, -0.2) is 0 Å². The molecule has 0 saturated heterocycles. The second-order valence-electron chi connectivity index (χ2n) is 3.98. The molecule has 0 atom stereocenters. The van der Waals surface area contributed by atoms with Crippen molar-refractivity contribution in [1.82, 2.24) is 0 Å². The molecule has 0 aliphatic heterocycles. The number of rotatable bonds is 12. The predicted octanol–water partition coefficient (Wildman–Crippen LogP) is 3.32. The highest BCUT2D eigenvalue weighted by atomic mass is 16.7. The van der Waals surface area contributed by atoms with Gasteiger partial charge in [-0.3, -0.25) is 0 Å². The van der Waals surface area contributed by atoms with E-state index in [0.29, 0.717) is 6.42 Å². The molecule has 3 heteroatoms. The van der Waals surface area contributed by atoms with E-state index in [-0.39, 0.29) is 6.29 Å². The molecule has 0 aromatic rings. The van der Waals surface area contributed by atoms with Gasteiger partial charge in [-0.1, -0.05) is 26.7 Å². The minimum Gasteiger partial charge on any atom is -0.353 e. The molecule has 0 N–H and O–H groups in total. The number of aldehydes is 1. The Kier molecular flexibility index (Phi) is 12.3. The van der Waals surface area contributed by atoms with Crippen molar-refractivity contribution in [2.24, 2.45) is 0 Å². The lowest BCUT2D eigenvalue weighted by Crippen LogP contribution is -2.18. The summed E-state index contributed by atoms with van der Waals surface area (Å²) in [6, 6.07) is 0. The molecule has 3 nitrogen and oxygen atoms in total. The number of hydrogen-bond donors (Lipinski definition) is 0. The molecule has 0 unspecified atom stereocenters. The van der Waals surface area contributed by atoms with Crippen LogP contribution in [0.1, 0.15) is 58.8 Å². The van der Waals surface area contributed by atoms with Crippen molar-refractivity contribution in [3.8, 4) is 0 Å². The summed E-state index contributed by atoms with van der Waals surface area (Å²) in [6.07, 6.45) is 7.53. The van der Waals surface area contributed by atoms with Crippen LogP contribution in [0, 0.1) is 0 Å². The maximum Gasteiger partial charge on any atom is 0.157 e.